The van der Waals surface area contributed by atoms with Gasteiger partial charge in [-0.3, -0.25) is 9.36 Å². The minimum Gasteiger partial charge on any atom is -0.387 e. The van der Waals surface area contributed by atoms with Gasteiger partial charge in [0.05, 0.1) is 19.1 Å². The van der Waals surface area contributed by atoms with Gasteiger partial charge in [0.25, 0.3) is 5.91 Å². The van der Waals surface area contributed by atoms with E-state index in [2.05, 4.69) is 42.5 Å². The number of aliphatic hydroxyl groups excluding tert-OH is 2. The summed E-state index contributed by atoms with van der Waals surface area (Å²) in [4.78, 5) is 25.8. The van der Waals surface area contributed by atoms with Crippen molar-refractivity contribution < 1.29 is 19.7 Å². The Hall–Kier alpha value is -3.42. The van der Waals surface area contributed by atoms with Crippen molar-refractivity contribution in [2.75, 3.05) is 12.4 Å². The Balaban J connectivity index is 1.58. The van der Waals surface area contributed by atoms with Gasteiger partial charge in [0.15, 0.2) is 40.8 Å². The molecule has 0 unspecified atom stereocenters. The number of carbonyl (C=O) groups excluding carboxylic acids is 1. The fraction of sp³-hybridized carbons (Fsp3) is 0.500. The molecule has 1 aliphatic carbocycles. The van der Waals surface area contributed by atoms with Crippen molar-refractivity contribution in [3.05, 3.63) is 25.2 Å². The first-order valence-electron chi connectivity index (χ1n) is 10.8. The lowest BCUT2D eigenvalue weighted by Gasteiger charge is -2.27. The third kappa shape index (κ3) is 3.73. The maximum atomic E-state index is 12.1. The van der Waals surface area contributed by atoms with Gasteiger partial charge >= 0.3 is 0 Å². The molecule has 4 heterocycles. The quantitative estimate of drug-likeness (QED) is 0.344. The summed E-state index contributed by atoms with van der Waals surface area (Å²) in [6.45, 7) is 4.19. The van der Waals surface area contributed by atoms with E-state index in [1.807, 2.05) is 0 Å². The zero-order valence-electron chi connectivity index (χ0n) is 18.0. The van der Waals surface area contributed by atoms with E-state index in [1.165, 1.54) is 17.9 Å². The number of carbonyl (C=O) groups is 1. The van der Waals surface area contributed by atoms with E-state index in [0.29, 0.717) is 35.0 Å². The highest BCUT2D eigenvalue weighted by Gasteiger charge is 2.47. The molecule has 1 amide bonds. The van der Waals surface area contributed by atoms with E-state index in [-0.39, 0.29) is 6.04 Å². The largest absolute Gasteiger partial charge is 0.387 e. The van der Waals surface area contributed by atoms with Crippen LogP contribution in [-0.4, -0.2) is 82.0 Å². The predicted octanol–water partition coefficient (Wildman–Crippen LogP) is -0.400. The maximum Gasteiger partial charge on any atom is 0.251 e. The molecular weight excluding hydrogens is 430 g/mol. The Morgan fingerprint density at radius 3 is 2.85 bits per heavy atom. The van der Waals surface area contributed by atoms with Gasteiger partial charge in [0, 0.05) is 13.1 Å². The van der Waals surface area contributed by atoms with Crippen molar-refractivity contribution >= 4 is 22.9 Å². The number of amides is 1. The van der Waals surface area contributed by atoms with Crippen molar-refractivity contribution in [1.82, 2.24) is 39.8 Å². The van der Waals surface area contributed by atoms with Crippen molar-refractivity contribution in [3.63, 3.8) is 0 Å². The first kappa shape index (κ1) is 21.4. The number of rotatable bonds is 7. The molecule has 33 heavy (non-hydrogen) atoms. The second-order valence-electron chi connectivity index (χ2n) is 8.15. The molecule has 3 aromatic heterocycles. The molecule has 1 aliphatic heterocycles. The average Bonchev–Trinajstić information content (AvgIpc) is 3.49. The van der Waals surface area contributed by atoms with Gasteiger partial charge < -0.3 is 25.6 Å². The van der Waals surface area contributed by atoms with E-state index < -0.39 is 30.4 Å². The molecule has 1 saturated carbocycles. The van der Waals surface area contributed by atoms with Crippen LogP contribution in [0.15, 0.2) is 25.2 Å². The van der Waals surface area contributed by atoms with Crippen LogP contribution in [-0.2, 0) is 16.1 Å². The van der Waals surface area contributed by atoms with Crippen LogP contribution in [0.2, 0.25) is 0 Å². The van der Waals surface area contributed by atoms with Gasteiger partial charge in [-0.15, -0.1) is 11.7 Å². The number of nitrogens with one attached hydrogen (secondary N) is 2. The summed E-state index contributed by atoms with van der Waals surface area (Å²) >= 11 is 0. The van der Waals surface area contributed by atoms with E-state index in [0.717, 1.165) is 19.3 Å². The zero-order valence-corrected chi connectivity index (χ0v) is 18.0. The lowest BCUT2D eigenvalue weighted by Crippen LogP contribution is -2.41. The molecule has 0 bridgehead atoms. The van der Waals surface area contributed by atoms with E-state index in [9.17, 15) is 15.0 Å². The Kier molecular flexibility index (Phi) is 5.52. The van der Waals surface area contributed by atoms with E-state index in [4.69, 9.17) is 4.74 Å². The van der Waals surface area contributed by atoms with E-state index >= 15 is 0 Å². The predicted molar refractivity (Wildman–Crippen MR) is 116 cm³/mol. The standard InChI is InChI=1S/C20H25N9O4/c1-3-7-28-8-11(26-27-28)16-24-17(23-10-5-4-6-10)12-18(25-16)29(9-22-12)20-14(31)13(30)15(33-20)19(32)21-2/h3,8-10,13-15,20,30-31H,1,4-7H2,2H3,(H,21,32)(H,23,24,25)/t13-,14+,15-,20+/m0/s1. The van der Waals surface area contributed by atoms with Crippen LogP contribution in [0, 0.1) is 0 Å². The molecule has 1 saturated heterocycles. The van der Waals surface area contributed by atoms with Crippen LogP contribution in [0.4, 0.5) is 5.82 Å². The molecule has 13 heteroatoms. The molecule has 174 valence electrons. The molecule has 2 fully saturated rings. The summed E-state index contributed by atoms with van der Waals surface area (Å²) < 4.78 is 8.82. The van der Waals surface area contributed by atoms with Crippen molar-refractivity contribution in [2.24, 2.45) is 0 Å². The zero-order chi connectivity index (χ0) is 23.1. The number of allylic oxidation sites excluding steroid dienone is 1. The fourth-order valence-electron chi connectivity index (χ4n) is 3.93. The summed E-state index contributed by atoms with van der Waals surface area (Å²) in [5.74, 6) is 0.319. The van der Waals surface area contributed by atoms with E-state index in [1.54, 1.807) is 17.0 Å². The molecule has 13 nitrogen and oxygen atoms in total. The third-order valence-corrected chi connectivity index (χ3v) is 5.97. The number of aromatic nitrogens is 7. The van der Waals surface area contributed by atoms with Crippen molar-refractivity contribution in [1.29, 1.82) is 0 Å². The SMILES string of the molecule is C=CCn1cc(-c2nc(NC3CCC3)c3ncn([C@@H]4O[C@H](C(=O)NC)[C@@H](O)[C@H]4O)c3n2)nn1. The van der Waals surface area contributed by atoms with Gasteiger partial charge in [0.2, 0.25) is 0 Å². The third-order valence-electron chi connectivity index (χ3n) is 5.97. The number of nitrogens with zero attached hydrogens (tertiary/aromatic N) is 7. The highest BCUT2D eigenvalue weighted by molar-refractivity contribution is 5.85. The van der Waals surface area contributed by atoms with Crippen LogP contribution in [0.3, 0.4) is 0 Å². The number of anilines is 1. The first-order valence-corrected chi connectivity index (χ1v) is 10.8. The summed E-state index contributed by atoms with van der Waals surface area (Å²) in [7, 11) is 1.43. The molecule has 2 aliphatic rings. The number of fused-ring (bicyclic) bond motifs is 1. The Labute approximate surface area is 188 Å². The number of imidazole rings is 1. The normalized spacial score (nSPS) is 25.2. The van der Waals surface area contributed by atoms with Gasteiger partial charge in [-0.2, -0.15) is 0 Å². The number of hydrogen-bond acceptors (Lipinski definition) is 10. The molecular formula is C20H25N9O4. The first-order chi connectivity index (χ1) is 16.0. The van der Waals surface area contributed by atoms with Crippen molar-refractivity contribution in [3.8, 4) is 11.5 Å². The fourth-order valence-corrected chi connectivity index (χ4v) is 3.93. The minimum absolute atomic E-state index is 0.283. The summed E-state index contributed by atoms with van der Waals surface area (Å²) in [6, 6.07) is 0.283. The highest BCUT2D eigenvalue weighted by atomic mass is 16.6. The molecule has 5 rings (SSSR count). The molecule has 3 aromatic rings. The molecule has 4 N–H and O–H groups in total. The van der Waals surface area contributed by atoms with Gasteiger partial charge in [-0.25, -0.2) is 19.6 Å². The smallest absolute Gasteiger partial charge is 0.251 e. The average molecular weight is 455 g/mol. The highest BCUT2D eigenvalue weighted by Crippen LogP contribution is 2.34. The van der Waals surface area contributed by atoms with Gasteiger partial charge in [-0.1, -0.05) is 11.3 Å². The Bertz CT molecular complexity index is 1190. The summed E-state index contributed by atoms with van der Waals surface area (Å²) in [6.07, 6.45) is 3.02. The van der Waals surface area contributed by atoms with Gasteiger partial charge in [0.1, 0.15) is 12.2 Å². The summed E-state index contributed by atoms with van der Waals surface area (Å²) in [5, 5.41) is 35.0. The summed E-state index contributed by atoms with van der Waals surface area (Å²) in [5.41, 5.74) is 1.31. The molecule has 0 aromatic carbocycles. The van der Waals surface area contributed by atoms with Crippen molar-refractivity contribution in [2.45, 2.75) is 56.4 Å². The molecule has 4 atom stereocenters. The lowest BCUT2D eigenvalue weighted by atomic mass is 9.93. The minimum atomic E-state index is -1.40. The number of hydrogen-bond donors (Lipinski definition) is 4. The molecule has 0 radical (unpaired) electrons. The topological polar surface area (TPSA) is 165 Å². The lowest BCUT2D eigenvalue weighted by molar-refractivity contribution is -0.137. The number of aliphatic hydroxyl groups is 2. The second kappa shape index (κ2) is 8.50. The van der Waals surface area contributed by atoms with Crippen LogP contribution in [0.1, 0.15) is 25.5 Å². The number of likely N-dealkylation sites (N-methyl/N-ethyl adjacent to an activating group) is 1. The van der Waals surface area contributed by atoms with Gasteiger partial charge in [-0.05, 0) is 19.3 Å². The molecule has 0 spiro atoms. The van der Waals surface area contributed by atoms with Crippen LogP contribution < -0.4 is 10.6 Å². The Morgan fingerprint density at radius 1 is 1.33 bits per heavy atom. The maximum absolute atomic E-state index is 12.1. The number of ether oxygens (including phenoxy) is 1. The van der Waals surface area contributed by atoms with Crippen LogP contribution >= 0.6 is 0 Å². The van der Waals surface area contributed by atoms with Crippen LogP contribution in [0.25, 0.3) is 22.7 Å². The van der Waals surface area contributed by atoms with Crippen LogP contribution in [0.5, 0.6) is 0 Å². The monoisotopic (exact) mass is 455 g/mol. The second-order valence-corrected chi connectivity index (χ2v) is 8.15. The Morgan fingerprint density at radius 2 is 2.15 bits per heavy atom.